The number of hydrogen-bond donors (Lipinski definition) is 1. The highest BCUT2D eigenvalue weighted by atomic mass is 16.5. The fourth-order valence-electron chi connectivity index (χ4n) is 2.98. The van der Waals surface area contributed by atoms with Crippen molar-refractivity contribution in [1.82, 2.24) is 4.90 Å². The minimum absolute atomic E-state index is 0.582. The molecule has 2 saturated heterocycles. The van der Waals surface area contributed by atoms with Crippen molar-refractivity contribution in [2.24, 2.45) is 0 Å². The van der Waals surface area contributed by atoms with Crippen LogP contribution in [0.3, 0.4) is 0 Å². The van der Waals surface area contributed by atoms with Gasteiger partial charge in [-0.05, 0) is 56.5 Å². The predicted octanol–water partition coefficient (Wildman–Crippen LogP) is 2.87. The second-order valence-electron chi connectivity index (χ2n) is 5.71. The number of nitrogens with one attached hydrogen (secondary N) is 1. The third kappa shape index (κ3) is 3.71. The Morgan fingerprint density at radius 2 is 1.74 bits per heavy atom. The fraction of sp³-hybridized carbons (Fsp3) is 0.625. The Kier molecular flexibility index (Phi) is 4.36. The van der Waals surface area contributed by atoms with E-state index in [1.807, 2.05) is 0 Å². The van der Waals surface area contributed by atoms with Crippen LogP contribution < -0.4 is 5.32 Å². The highest BCUT2D eigenvalue weighted by Gasteiger charge is 2.14. The smallest absolute Gasteiger partial charge is 0.0485 e. The van der Waals surface area contributed by atoms with Gasteiger partial charge in [0.25, 0.3) is 0 Å². The Balaban J connectivity index is 1.52. The van der Waals surface area contributed by atoms with E-state index in [9.17, 15) is 0 Å². The zero-order chi connectivity index (χ0) is 12.9. The van der Waals surface area contributed by atoms with Crippen LogP contribution in [0.4, 0.5) is 5.69 Å². The third-order valence-corrected chi connectivity index (χ3v) is 4.15. The van der Waals surface area contributed by atoms with E-state index in [0.29, 0.717) is 6.04 Å². The van der Waals surface area contributed by atoms with Gasteiger partial charge in [-0.25, -0.2) is 0 Å². The van der Waals surface area contributed by atoms with Gasteiger partial charge in [-0.15, -0.1) is 0 Å². The van der Waals surface area contributed by atoms with E-state index in [1.54, 1.807) is 0 Å². The predicted molar refractivity (Wildman–Crippen MR) is 78.4 cm³/mol. The summed E-state index contributed by atoms with van der Waals surface area (Å²) in [6.07, 6.45) is 4.97. The van der Waals surface area contributed by atoms with Crippen molar-refractivity contribution in [2.45, 2.75) is 38.3 Å². The van der Waals surface area contributed by atoms with Crippen molar-refractivity contribution in [2.75, 3.05) is 31.6 Å². The van der Waals surface area contributed by atoms with Crippen molar-refractivity contribution < 1.29 is 4.74 Å². The van der Waals surface area contributed by atoms with Gasteiger partial charge in [-0.3, -0.25) is 4.90 Å². The number of benzene rings is 1. The molecular weight excluding hydrogens is 236 g/mol. The average Bonchev–Trinajstić information content (AvgIpc) is 2.95. The fourth-order valence-corrected chi connectivity index (χ4v) is 2.98. The molecule has 1 aromatic carbocycles. The maximum atomic E-state index is 5.39. The van der Waals surface area contributed by atoms with Crippen molar-refractivity contribution in [1.29, 1.82) is 0 Å². The molecule has 0 unspecified atom stereocenters. The zero-order valence-electron chi connectivity index (χ0n) is 11.6. The lowest BCUT2D eigenvalue weighted by molar-refractivity contribution is 0.0904. The second kappa shape index (κ2) is 6.40. The molecule has 3 rings (SSSR count). The maximum Gasteiger partial charge on any atom is 0.0485 e. The van der Waals surface area contributed by atoms with Gasteiger partial charge in [0.1, 0.15) is 0 Å². The summed E-state index contributed by atoms with van der Waals surface area (Å²) in [5.74, 6) is 0. The van der Waals surface area contributed by atoms with Crippen LogP contribution in [0.15, 0.2) is 24.3 Å². The largest absolute Gasteiger partial charge is 0.382 e. The summed E-state index contributed by atoms with van der Waals surface area (Å²) >= 11 is 0. The topological polar surface area (TPSA) is 24.5 Å². The lowest BCUT2D eigenvalue weighted by Crippen LogP contribution is -2.27. The van der Waals surface area contributed by atoms with Crippen LogP contribution in [0.2, 0.25) is 0 Å². The van der Waals surface area contributed by atoms with Crippen molar-refractivity contribution in [3.05, 3.63) is 29.8 Å². The lowest BCUT2D eigenvalue weighted by Gasteiger charge is -2.24. The molecule has 2 aliphatic rings. The Morgan fingerprint density at radius 1 is 1.05 bits per heavy atom. The van der Waals surface area contributed by atoms with E-state index in [1.165, 1.54) is 37.2 Å². The van der Waals surface area contributed by atoms with E-state index in [4.69, 9.17) is 4.74 Å². The van der Waals surface area contributed by atoms with Gasteiger partial charge in [0.15, 0.2) is 0 Å². The summed E-state index contributed by atoms with van der Waals surface area (Å²) in [6.45, 7) is 5.43. The minimum Gasteiger partial charge on any atom is -0.382 e. The molecule has 2 aliphatic heterocycles. The molecule has 3 nitrogen and oxygen atoms in total. The average molecular weight is 260 g/mol. The first-order chi connectivity index (χ1) is 9.40. The van der Waals surface area contributed by atoms with Crippen LogP contribution in [-0.2, 0) is 11.3 Å². The molecule has 19 heavy (non-hydrogen) atoms. The Hall–Kier alpha value is -1.06. The molecule has 1 aromatic rings. The van der Waals surface area contributed by atoms with E-state index >= 15 is 0 Å². The zero-order valence-corrected chi connectivity index (χ0v) is 11.6. The molecule has 0 amide bonds. The molecule has 2 heterocycles. The van der Waals surface area contributed by atoms with Gasteiger partial charge in [0, 0.05) is 31.5 Å². The third-order valence-electron chi connectivity index (χ3n) is 4.15. The van der Waals surface area contributed by atoms with Gasteiger partial charge in [-0.2, -0.15) is 0 Å². The van der Waals surface area contributed by atoms with Crippen molar-refractivity contribution in [3.63, 3.8) is 0 Å². The van der Waals surface area contributed by atoms with Crippen LogP contribution in [-0.4, -0.2) is 37.2 Å². The normalized spacial score (nSPS) is 21.7. The lowest BCUT2D eigenvalue weighted by atomic mass is 10.1. The second-order valence-corrected chi connectivity index (χ2v) is 5.71. The van der Waals surface area contributed by atoms with Gasteiger partial charge >= 0.3 is 0 Å². The van der Waals surface area contributed by atoms with E-state index in [2.05, 4.69) is 34.5 Å². The molecule has 0 aromatic heterocycles. The molecule has 0 atom stereocenters. The molecule has 2 fully saturated rings. The molecule has 0 spiro atoms. The maximum absolute atomic E-state index is 5.39. The number of hydrogen-bond acceptors (Lipinski definition) is 3. The van der Waals surface area contributed by atoms with Gasteiger partial charge in [-0.1, -0.05) is 12.1 Å². The van der Waals surface area contributed by atoms with Crippen molar-refractivity contribution in [3.8, 4) is 0 Å². The molecule has 0 bridgehead atoms. The van der Waals surface area contributed by atoms with Crippen LogP contribution >= 0.6 is 0 Å². The summed E-state index contributed by atoms with van der Waals surface area (Å²) in [4.78, 5) is 2.54. The SMILES string of the molecule is c1cc(NC2CCOCC2)ccc1CN1CCCC1. The Bertz CT molecular complexity index is 378. The van der Waals surface area contributed by atoms with Gasteiger partial charge < -0.3 is 10.1 Å². The first-order valence-corrected chi connectivity index (χ1v) is 7.56. The standard InChI is InChI=1S/C16H24N2O/c1-2-10-18(9-1)13-14-3-5-15(6-4-14)17-16-7-11-19-12-8-16/h3-6,16-17H,1-2,7-13H2. The molecule has 3 heteroatoms. The summed E-state index contributed by atoms with van der Waals surface area (Å²) in [6, 6.07) is 9.56. The summed E-state index contributed by atoms with van der Waals surface area (Å²) in [5.41, 5.74) is 2.68. The first kappa shape index (κ1) is 12.9. The molecule has 1 N–H and O–H groups in total. The molecule has 0 radical (unpaired) electrons. The number of ether oxygens (including phenoxy) is 1. The number of likely N-dealkylation sites (tertiary alicyclic amines) is 1. The minimum atomic E-state index is 0.582. The molecular formula is C16H24N2O. The summed E-state index contributed by atoms with van der Waals surface area (Å²) in [5, 5.41) is 3.61. The molecule has 0 saturated carbocycles. The number of nitrogens with zero attached hydrogens (tertiary/aromatic N) is 1. The highest BCUT2D eigenvalue weighted by Crippen LogP contribution is 2.18. The first-order valence-electron chi connectivity index (χ1n) is 7.56. The van der Waals surface area contributed by atoms with E-state index in [-0.39, 0.29) is 0 Å². The quantitative estimate of drug-likeness (QED) is 0.901. The van der Waals surface area contributed by atoms with Crippen molar-refractivity contribution >= 4 is 5.69 Å². The van der Waals surface area contributed by atoms with Gasteiger partial charge in [0.05, 0.1) is 0 Å². The summed E-state index contributed by atoms with van der Waals surface area (Å²) in [7, 11) is 0. The van der Waals surface area contributed by atoms with E-state index in [0.717, 1.165) is 32.6 Å². The number of anilines is 1. The molecule has 104 valence electrons. The Labute approximate surface area is 115 Å². The highest BCUT2D eigenvalue weighted by molar-refractivity contribution is 5.45. The number of rotatable bonds is 4. The molecule has 0 aliphatic carbocycles. The monoisotopic (exact) mass is 260 g/mol. The summed E-state index contributed by atoms with van der Waals surface area (Å²) < 4.78 is 5.39. The van der Waals surface area contributed by atoms with E-state index < -0.39 is 0 Å². The Morgan fingerprint density at radius 3 is 2.42 bits per heavy atom. The van der Waals surface area contributed by atoms with Crippen LogP contribution in [0.1, 0.15) is 31.2 Å². The van der Waals surface area contributed by atoms with Gasteiger partial charge in [0.2, 0.25) is 0 Å². The van der Waals surface area contributed by atoms with Crippen LogP contribution in [0.5, 0.6) is 0 Å². The van der Waals surface area contributed by atoms with Crippen LogP contribution in [0.25, 0.3) is 0 Å². The van der Waals surface area contributed by atoms with Crippen LogP contribution in [0, 0.1) is 0 Å².